The van der Waals surface area contributed by atoms with Gasteiger partial charge in [0, 0.05) is 38.2 Å². The third kappa shape index (κ3) is 3.71. The van der Waals surface area contributed by atoms with Crippen LogP contribution in [0.1, 0.15) is 19.3 Å². The van der Waals surface area contributed by atoms with Crippen molar-refractivity contribution in [2.24, 2.45) is 11.3 Å². The first kappa shape index (κ1) is 16.2. The summed E-state index contributed by atoms with van der Waals surface area (Å²) in [6.07, 6.45) is 9.16. The van der Waals surface area contributed by atoms with Crippen LogP contribution in [0.2, 0.25) is 0 Å². The molecule has 0 aliphatic carbocycles. The second kappa shape index (κ2) is 7.33. The normalized spacial score (nSPS) is 32.2. The van der Waals surface area contributed by atoms with Crippen LogP contribution in [-0.2, 0) is 9.47 Å². The van der Waals surface area contributed by atoms with E-state index in [9.17, 15) is 0 Å². The van der Waals surface area contributed by atoms with Crippen molar-refractivity contribution in [3.63, 3.8) is 0 Å². The molecular formula is C18H28N4O2. The molecule has 0 aromatic carbocycles. The molecule has 1 spiro atoms. The average Bonchev–Trinajstić information content (AvgIpc) is 3.03. The summed E-state index contributed by atoms with van der Waals surface area (Å²) in [4.78, 5) is 13.4. The van der Waals surface area contributed by atoms with Crippen molar-refractivity contribution in [3.8, 4) is 0 Å². The minimum atomic E-state index is 0.226. The Morgan fingerprint density at radius 2 is 2.04 bits per heavy atom. The van der Waals surface area contributed by atoms with E-state index in [1.54, 1.807) is 6.33 Å². The van der Waals surface area contributed by atoms with Gasteiger partial charge in [-0.05, 0) is 31.7 Å². The van der Waals surface area contributed by atoms with E-state index in [0.29, 0.717) is 5.92 Å². The van der Waals surface area contributed by atoms with Crippen molar-refractivity contribution < 1.29 is 9.47 Å². The van der Waals surface area contributed by atoms with Gasteiger partial charge in [0.05, 0.1) is 37.9 Å². The smallest absolute Gasteiger partial charge is 0.115 e. The summed E-state index contributed by atoms with van der Waals surface area (Å²) < 4.78 is 11.6. The van der Waals surface area contributed by atoms with Crippen LogP contribution in [0, 0.1) is 11.3 Å². The molecule has 4 heterocycles. The van der Waals surface area contributed by atoms with Gasteiger partial charge >= 0.3 is 0 Å². The fourth-order valence-electron chi connectivity index (χ4n) is 4.47. The van der Waals surface area contributed by atoms with E-state index in [0.717, 1.165) is 51.7 Å². The third-order valence-electron chi connectivity index (χ3n) is 5.63. The van der Waals surface area contributed by atoms with E-state index in [-0.39, 0.29) is 5.41 Å². The minimum Gasteiger partial charge on any atom is -0.381 e. The number of anilines is 1. The van der Waals surface area contributed by atoms with Crippen molar-refractivity contribution in [2.75, 3.05) is 64.1 Å². The highest BCUT2D eigenvalue weighted by atomic mass is 16.5. The predicted molar refractivity (Wildman–Crippen MR) is 92.1 cm³/mol. The molecule has 1 aromatic rings. The van der Waals surface area contributed by atoms with E-state index in [1.165, 1.54) is 32.4 Å². The first-order valence-corrected chi connectivity index (χ1v) is 9.21. The van der Waals surface area contributed by atoms with Crippen LogP contribution in [-0.4, -0.2) is 74.0 Å². The van der Waals surface area contributed by atoms with Crippen molar-refractivity contribution in [3.05, 3.63) is 18.7 Å². The number of hydrogen-bond donors (Lipinski definition) is 0. The molecule has 0 amide bonds. The lowest BCUT2D eigenvalue weighted by Crippen LogP contribution is -2.51. The Bertz CT molecular complexity index is 523. The number of piperidine rings is 1. The van der Waals surface area contributed by atoms with E-state index < -0.39 is 0 Å². The number of nitrogens with zero attached hydrogens (tertiary/aromatic N) is 4. The summed E-state index contributed by atoms with van der Waals surface area (Å²) in [6, 6.07) is 0. The standard InChI is InChI=1S/C18H28N4O2/c1-3-18(12-21(4-1)10-16-2-6-23-11-16)13-22(5-7-24-14-18)17-8-19-15-20-9-17/h8-9,15-16H,1-7,10-14H2/t16-,18+/m1/s1. The second-order valence-corrected chi connectivity index (χ2v) is 7.64. The zero-order valence-electron chi connectivity index (χ0n) is 14.4. The number of hydrogen-bond acceptors (Lipinski definition) is 6. The number of likely N-dealkylation sites (tertiary alicyclic amines) is 1. The van der Waals surface area contributed by atoms with Gasteiger partial charge in [0.2, 0.25) is 0 Å². The summed E-state index contributed by atoms with van der Waals surface area (Å²) in [5.41, 5.74) is 1.34. The summed E-state index contributed by atoms with van der Waals surface area (Å²) in [7, 11) is 0. The molecule has 6 nitrogen and oxygen atoms in total. The Hall–Kier alpha value is -1.24. The number of rotatable bonds is 3. The summed E-state index contributed by atoms with van der Waals surface area (Å²) in [6.45, 7) is 9.02. The zero-order chi connectivity index (χ0) is 16.2. The van der Waals surface area contributed by atoms with Crippen LogP contribution in [0.5, 0.6) is 0 Å². The van der Waals surface area contributed by atoms with Gasteiger partial charge in [-0.2, -0.15) is 0 Å². The average molecular weight is 332 g/mol. The molecule has 3 saturated heterocycles. The van der Waals surface area contributed by atoms with Gasteiger partial charge in [0.15, 0.2) is 0 Å². The molecule has 3 fully saturated rings. The van der Waals surface area contributed by atoms with Gasteiger partial charge < -0.3 is 19.3 Å². The van der Waals surface area contributed by atoms with Crippen molar-refractivity contribution in [2.45, 2.75) is 19.3 Å². The topological polar surface area (TPSA) is 50.7 Å². The molecule has 6 heteroatoms. The second-order valence-electron chi connectivity index (χ2n) is 7.64. The van der Waals surface area contributed by atoms with Crippen LogP contribution in [0.3, 0.4) is 0 Å². The van der Waals surface area contributed by atoms with E-state index in [2.05, 4.69) is 19.8 Å². The van der Waals surface area contributed by atoms with E-state index >= 15 is 0 Å². The van der Waals surface area contributed by atoms with Gasteiger partial charge in [-0.3, -0.25) is 0 Å². The Morgan fingerprint density at radius 3 is 2.88 bits per heavy atom. The molecule has 3 aliphatic heterocycles. The molecule has 132 valence electrons. The third-order valence-corrected chi connectivity index (χ3v) is 5.63. The molecule has 4 rings (SSSR count). The Labute approximate surface area is 144 Å². The number of aromatic nitrogens is 2. The maximum atomic E-state index is 6.02. The van der Waals surface area contributed by atoms with Crippen molar-refractivity contribution in [1.29, 1.82) is 0 Å². The van der Waals surface area contributed by atoms with Crippen LogP contribution in [0.4, 0.5) is 5.69 Å². The van der Waals surface area contributed by atoms with Crippen LogP contribution < -0.4 is 4.90 Å². The van der Waals surface area contributed by atoms with Crippen LogP contribution in [0.15, 0.2) is 18.7 Å². The first-order chi connectivity index (χ1) is 11.8. The monoisotopic (exact) mass is 332 g/mol. The molecule has 2 atom stereocenters. The van der Waals surface area contributed by atoms with Gasteiger partial charge in [-0.25, -0.2) is 9.97 Å². The maximum absolute atomic E-state index is 6.02. The highest BCUT2D eigenvalue weighted by Gasteiger charge is 2.39. The molecule has 0 unspecified atom stereocenters. The Kier molecular flexibility index (Phi) is 4.96. The summed E-state index contributed by atoms with van der Waals surface area (Å²) in [5.74, 6) is 0.713. The lowest BCUT2D eigenvalue weighted by Gasteiger charge is -2.44. The van der Waals surface area contributed by atoms with Crippen LogP contribution >= 0.6 is 0 Å². The molecule has 1 aromatic heterocycles. The molecule has 0 radical (unpaired) electrons. The SMILES string of the molecule is c1ncc(N2CCOC[C@]3(CCCN(C[C@H]4CCOC4)C3)C2)cn1. The molecule has 0 saturated carbocycles. The van der Waals surface area contributed by atoms with E-state index in [4.69, 9.17) is 9.47 Å². The minimum absolute atomic E-state index is 0.226. The maximum Gasteiger partial charge on any atom is 0.115 e. The summed E-state index contributed by atoms with van der Waals surface area (Å²) >= 11 is 0. The summed E-state index contributed by atoms with van der Waals surface area (Å²) in [5, 5.41) is 0. The van der Waals surface area contributed by atoms with Gasteiger partial charge in [-0.1, -0.05) is 0 Å². The van der Waals surface area contributed by atoms with Crippen LogP contribution in [0.25, 0.3) is 0 Å². The molecule has 0 N–H and O–H groups in total. The Morgan fingerprint density at radius 1 is 1.12 bits per heavy atom. The quantitative estimate of drug-likeness (QED) is 0.835. The predicted octanol–water partition coefficient (Wildman–Crippen LogP) is 1.43. The molecule has 0 bridgehead atoms. The van der Waals surface area contributed by atoms with Crippen molar-refractivity contribution >= 4 is 5.69 Å². The van der Waals surface area contributed by atoms with Gasteiger partial charge in [0.25, 0.3) is 0 Å². The molecule has 24 heavy (non-hydrogen) atoms. The zero-order valence-corrected chi connectivity index (χ0v) is 14.4. The highest BCUT2D eigenvalue weighted by Crippen LogP contribution is 2.35. The fourth-order valence-corrected chi connectivity index (χ4v) is 4.47. The first-order valence-electron chi connectivity index (χ1n) is 9.21. The van der Waals surface area contributed by atoms with Gasteiger partial charge in [-0.15, -0.1) is 0 Å². The van der Waals surface area contributed by atoms with E-state index in [1.807, 2.05) is 12.4 Å². The van der Waals surface area contributed by atoms with Gasteiger partial charge in [0.1, 0.15) is 6.33 Å². The molecular weight excluding hydrogens is 304 g/mol. The molecule has 3 aliphatic rings. The Balaban J connectivity index is 1.45. The fraction of sp³-hybridized carbons (Fsp3) is 0.778. The lowest BCUT2D eigenvalue weighted by molar-refractivity contribution is 0.00810. The highest BCUT2D eigenvalue weighted by molar-refractivity contribution is 5.42. The number of ether oxygens (including phenoxy) is 2. The largest absolute Gasteiger partial charge is 0.381 e. The van der Waals surface area contributed by atoms with Crippen molar-refractivity contribution in [1.82, 2.24) is 14.9 Å². The lowest BCUT2D eigenvalue weighted by atomic mass is 9.79.